The molecule has 1 unspecified atom stereocenters. The summed E-state index contributed by atoms with van der Waals surface area (Å²) < 4.78 is 9.92. The molecule has 0 radical (unpaired) electrons. The number of methoxy groups -OCH3 is 2. The molecule has 0 amide bonds. The second-order valence-electron chi connectivity index (χ2n) is 4.61. The summed E-state index contributed by atoms with van der Waals surface area (Å²) in [6.07, 6.45) is 3.84. The van der Waals surface area contributed by atoms with Crippen LogP contribution < -0.4 is 10.5 Å². The van der Waals surface area contributed by atoms with Crippen LogP contribution in [0.15, 0.2) is 42.7 Å². The fourth-order valence-corrected chi connectivity index (χ4v) is 2.09. The molecular weight excluding hydrogens is 268 g/mol. The summed E-state index contributed by atoms with van der Waals surface area (Å²) in [7, 11) is 2.95. The van der Waals surface area contributed by atoms with Gasteiger partial charge in [0.15, 0.2) is 0 Å². The van der Waals surface area contributed by atoms with Gasteiger partial charge >= 0.3 is 5.97 Å². The molecule has 2 rings (SSSR count). The van der Waals surface area contributed by atoms with Crippen LogP contribution in [0.4, 0.5) is 0 Å². The zero-order valence-corrected chi connectivity index (χ0v) is 12.1. The van der Waals surface area contributed by atoms with E-state index < -0.39 is 12.0 Å². The van der Waals surface area contributed by atoms with Gasteiger partial charge in [-0.2, -0.15) is 0 Å². The zero-order chi connectivity index (χ0) is 15.2. The molecule has 0 saturated heterocycles. The molecule has 0 aliphatic heterocycles. The summed E-state index contributed by atoms with van der Waals surface area (Å²) >= 11 is 0. The maximum Gasteiger partial charge on any atom is 0.322 e. The lowest BCUT2D eigenvalue weighted by molar-refractivity contribution is -0.142. The Morgan fingerprint density at radius 1 is 1.24 bits per heavy atom. The Bertz CT molecular complexity index is 611. The van der Waals surface area contributed by atoms with Crippen LogP contribution in [0.25, 0.3) is 11.1 Å². The van der Waals surface area contributed by atoms with Crippen molar-refractivity contribution < 1.29 is 14.3 Å². The number of benzene rings is 1. The number of hydrogen-bond donors (Lipinski definition) is 1. The Balaban J connectivity index is 2.17. The Labute approximate surface area is 123 Å². The minimum atomic E-state index is -0.642. The predicted molar refractivity (Wildman–Crippen MR) is 79.9 cm³/mol. The first-order chi connectivity index (χ1) is 10.2. The highest BCUT2D eigenvalue weighted by Gasteiger charge is 2.14. The van der Waals surface area contributed by atoms with Crippen LogP contribution in [0.1, 0.15) is 5.56 Å². The first kappa shape index (κ1) is 15.0. The van der Waals surface area contributed by atoms with E-state index >= 15 is 0 Å². The molecular formula is C16H18N2O3. The smallest absolute Gasteiger partial charge is 0.322 e. The highest BCUT2D eigenvalue weighted by Crippen LogP contribution is 2.28. The number of nitrogens with two attached hydrogens (primary N) is 1. The molecule has 2 aromatic rings. The van der Waals surface area contributed by atoms with Gasteiger partial charge in [0.2, 0.25) is 0 Å². The summed E-state index contributed by atoms with van der Waals surface area (Å²) in [4.78, 5) is 15.4. The normalized spacial score (nSPS) is 11.8. The molecule has 5 heteroatoms. The SMILES string of the molecule is COC(=O)C(N)Cc1ccc(-c2ccncc2OC)cc1. The Hall–Kier alpha value is -2.40. The third kappa shape index (κ3) is 3.58. The van der Waals surface area contributed by atoms with Gasteiger partial charge in [0.1, 0.15) is 11.8 Å². The summed E-state index contributed by atoms with van der Waals surface area (Å²) in [6.45, 7) is 0. The second-order valence-corrected chi connectivity index (χ2v) is 4.61. The van der Waals surface area contributed by atoms with Crippen molar-refractivity contribution in [3.05, 3.63) is 48.3 Å². The number of pyridine rings is 1. The highest BCUT2D eigenvalue weighted by molar-refractivity contribution is 5.76. The minimum Gasteiger partial charge on any atom is -0.494 e. The molecule has 2 N–H and O–H groups in total. The number of aromatic nitrogens is 1. The van der Waals surface area contributed by atoms with Crippen LogP contribution in [0.5, 0.6) is 5.75 Å². The molecule has 0 aliphatic rings. The number of esters is 1. The number of hydrogen-bond acceptors (Lipinski definition) is 5. The Kier molecular flexibility index (Phi) is 4.90. The molecule has 0 fully saturated rings. The van der Waals surface area contributed by atoms with Crippen LogP contribution >= 0.6 is 0 Å². The van der Waals surface area contributed by atoms with E-state index in [2.05, 4.69) is 9.72 Å². The molecule has 1 aromatic heterocycles. The number of carbonyl (C=O) groups excluding carboxylic acids is 1. The van der Waals surface area contributed by atoms with E-state index in [0.29, 0.717) is 6.42 Å². The van der Waals surface area contributed by atoms with Crippen molar-refractivity contribution in [2.75, 3.05) is 14.2 Å². The average Bonchev–Trinajstić information content (AvgIpc) is 2.54. The molecule has 0 bridgehead atoms. The van der Waals surface area contributed by atoms with Gasteiger partial charge in [0.05, 0.1) is 20.4 Å². The Morgan fingerprint density at radius 3 is 2.57 bits per heavy atom. The number of carbonyl (C=O) groups is 1. The van der Waals surface area contributed by atoms with Gasteiger partial charge in [-0.25, -0.2) is 0 Å². The van der Waals surface area contributed by atoms with E-state index in [1.54, 1.807) is 19.5 Å². The minimum absolute atomic E-state index is 0.408. The summed E-state index contributed by atoms with van der Waals surface area (Å²) in [5.41, 5.74) is 8.72. The first-order valence-electron chi connectivity index (χ1n) is 6.56. The van der Waals surface area contributed by atoms with Gasteiger partial charge in [-0.05, 0) is 23.6 Å². The number of ether oxygens (including phenoxy) is 2. The molecule has 0 aliphatic carbocycles. The average molecular weight is 286 g/mol. The molecule has 1 aromatic carbocycles. The van der Waals surface area contributed by atoms with Crippen molar-refractivity contribution in [3.8, 4) is 16.9 Å². The van der Waals surface area contributed by atoms with Crippen molar-refractivity contribution in [3.63, 3.8) is 0 Å². The summed E-state index contributed by atoms with van der Waals surface area (Å²) in [5.74, 6) is 0.311. The lowest BCUT2D eigenvalue weighted by Gasteiger charge is -2.11. The predicted octanol–water partition coefficient (Wildman–Crippen LogP) is 1.80. The molecule has 110 valence electrons. The van der Waals surface area contributed by atoms with Crippen molar-refractivity contribution in [1.82, 2.24) is 4.98 Å². The van der Waals surface area contributed by atoms with Crippen LogP contribution in [0.2, 0.25) is 0 Å². The lowest BCUT2D eigenvalue weighted by atomic mass is 10.0. The standard InChI is InChI=1S/C16H18N2O3/c1-20-15-10-18-8-7-13(15)12-5-3-11(4-6-12)9-14(17)16(19)21-2/h3-8,10,14H,9,17H2,1-2H3. The van der Waals surface area contributed by atoms with Crippen LogP contribution in [-0.4, -0.2) is 31.2 Å². The lowest BCUT2D eigenvalue weighted by Crippen LogP contribution is -2.33. The Morgan fingerprint density at radius 2 is 1.95 bits per heavy atom. The van der Waals surface area contributed by atoms with Crippen molar-refractivity contribution in [1.29, 1.82) is 0 Å². The number of rotatable bonds is 5. The monoisotopic (exact) mass is 286 g/mol. The fraction of sp³-hybridized carbons (Fsp3) is 0.250. The molecule has 21 heavy (non-hydrogen) atoms. The second kappa shape index (κ2) is 6.85. The van der Waals surface area contributed by atoms with E-state index in [9.17, 15) is 4.79 Å². The molecule has 1 atom stereocenters. The van der Waals surface area contributed by atoms with E-state index in [0.717, 1.165) is 22.4 Å². The summed E-state index contributed by atoms with van der Waals surface area (Å²) in [6, 6.07) is 9.08. The third-order valence-electron chi connectivity index (χ3n) is 3.23. The maximum absolute atomic E-state index is 11.3. The van der Waals surface area contributed by atoms with Gasteiger partial charge in [-0.3, -0.25) is 9.78 Å². The van der Waals surface area contributed by atoms with E-state index in [1.165, 1.54) is 7.11 Å². The van der Waals surface area contributed by atoms with Crippen molar-refractivity contribution in [2.45, 2.75) is 12.5 Å². The van der Waals surface area contributed by atoms with Gasteiger partial charge in [-0.15, -0.1) is 0 Å². The molecule has 1 heterocycles. The topological polar surface area (TPSA) is 74.4 Å². The maximum atomic E-state index is 11.3. The van der Waals surface area contributed by atoms with Crippen LogP contribution in [0.3, 0.4) is 0 Å². The van der Waals surface area contributed by atoms with Gasteiger partial charge in [0.25, 0.3) is 0 Å². The molecule has 0 saturated carbocycles. The highest BCUT2D eigenvalue weighted by atomic mass is 16.5. The zero-order valence-electron chi connectivity index (χ0n) is 12.1. The van der Waals surface area contributed by atoms with E-state index in [1.807, 2.05) is 30.3 Å². The van der Waals surface area contributed by atoms with Gasteiger partial charge < -0.3 is 15.2 Å². The van der Waals surface area contributed by atoms with Crippen LogP contribution in [-0.2, 0) is 16.0 Å². The fourth-order valence-electron chi connectivity index (χ4n) is 2.09. The summed E-state index contributed by atoms with van der Waals surface area (Å²) in [5, 5.41) is 0. The largest absolute Gasteiger partial charge is 0.494 e. The van der Waals surface area contributed by atoms with Gasteiger partial charge in [0, 0.05) is 11.8 Å². The van der Waals surface area contributed by atoms with Crippen LogP contribution in [0, 0.1) is 0 Å². The quantitative estimate of drug-likeness (QED) is 0.848. The molecule has 5 nitrogen and oxygen atoms in total. The van der Waals surface area contributed by atoms with Crippen molar-refractivity contribution in [2.24, 2.45) is 5.73 Å². The van der Waals surface area contributed by atoms with Gasteiger partial charge in [-0.1, -0.05) is 24.3 Å². The third-order valence-corrected chi connectivity index (χ3v) is 3.23. The van der Waals surface area contributed by atoms with Crippen molar-refractivity contribution >= 4 is 5.97 Å². The number of nitrogens with zero attached hydrogens (tertiary/aromatic N) is 1. The molecule has 0 spiro atoms. The van der Waals surface area contributed by atoms with E-state index in [-0.39, 0.29) is 0 Å². The first-order valence-corrected chi connectivity index (χ1v) is 6.56. The van der Waals surface area contributed by atoms with E-state index in [4.69, 9.17) is 10.5 Å².